The van der Waals surface area contributed by atoms with Gasteiger partial charge in [0.05, 0.1) is 12.3 Å². The van der Waals surface area contributed by atoms with E-state index in [4.69, 9.17) is 5.11 Å². The highest BCUT2D eigenvalue weighted by atomic mass is 16.3. The second-order valence-electron chi connectivity index (χ2n) is 3.89. The number of carbonyl (C=O) groups is 1. The Bertz CT molecular complexity index is 311. The molecular weight excluding hydrogens is 208 g/mol. The highest BCUT2D eigenvalue weighted by molar-refractivity contribution is 5.75. The van der Waals surface area contributed by atoms with E-state index in [1.165, 1.54) is 0 Å². The van der Waals surface area contributed by atoms with Gasteiger partial charge in [0.15, 0.2) is 0 Å². The monoisotopic (exact) mass is 226 g/mol. The Morgan fingerprint density at radius 3 is 2.94 bits per heavy atom. The van der Waals surface area contributed by atoms with Crippen molar-refractivity contribution < 1.29 is 9.90 Å². The minimum atomic E-state index is -0.482. The summed E-state index contributed by atoms with van der Waals surface area (Å²) in [6.07, 6.45) is 4.09. The van der Waals surface area contributed by atoms with Crippen LogP contribution in [0.1, 0.15) is 19.8 Å². The molecule has 0 bridgehead atoms. The summed E-state index contributed by atoms with van der Waals surface area (Å²) in [6, 6.07) is 0. The number of nitrogens with zero attached hydrogens (tertiary/aromatic N) is 4. The van der Waals surface area contributed by atoms with Gasteiger partial charge in [0.25, 0.3) is 0 Å². The first-order valence-corrected chi connectivity index (χ1v) is 5.35. The molecule has 0 saturated carbocycles. The van der Waals surface area contributed by atoms with E-state index in [-0.39, 0.29) is 5.91 Å². The van der Waals surface area contributed by atoms with Crippen molar-refractivity contribution in [3.63, 3.8) is 0 Å². The summed E-state index contributed by atoms with van der Waals surface area (Å²) >= 11 is 0. The molecule has 90 valence electrons. The predicted octanol–water partition coefficient (Wildman–Crippen LogP) is -0.103. The van der Waals surface area contributed by atoms with E-state index in [0.717, 1.165) is 6.42 Å². The number of aliphatic hydroxyl groups excluding tert-OH is 1. The molecule has 0 fully saturated rings. The van der Waals surface area contributed by atoms with Gasteiger partial charge in [-0.05, 0) is 13.3 Å². The highest BCUT2D eigenvalue weighted by Crippen LogP contribution is 1.99. The molecule has 0 spiro atoms. The molecule has 6 heteroatoms. The number of carbonyl (C=O) groups excluding carboxylic acids is 1. The first-order valence-electron chi connectivity index (χ1n) is 5.35. The maximum absolute atomic E-state index is 11.6. The van der Waals surface area contributed by atoms with Crippen molar-refractivity contribution in [1.82, 2.24) is 19.9 Å². The lowest BCUT2D eigenvalue weighted by molar-refractivity contribution is -0.131. The number of rotatable bonds is 6. The number of hydrogen-bond donors (Lipinski definition) is 1. The van der Waals surface area contributed by atoms with Crippen LogP contribution in [0.3, 0.4) is 0 Å². The van der Waals surface area contributed by atoms with Gasteiger partial charge in [-0.3, -0.25) is 9.48 Å². The van der Waals surface area contributed by atoms with E-state index in [1.807, 2.05) is 0 Å². The smallest absolute Gasteiger partial charge is 0.222 e. The van der Waals surface area contributed by atoms with E-state index in [2.05, 4.69) is 10.3 Å². The molecule has 1 aromatic heterocycles. The zero-order valence-corrected chi connectivity index (χ0v) is 9.70. The second-order valence-corrected chi connectivity index (χ2v) is 3.89. The van der Waals surface area contributed by atoms with Crippen molar-refractivity contribution in [3.05, 3.63) is 12.4 Å². The first kappa shape index (κ1) is 12.6. The van der Waals surface area contributed by atoms with Crippen LogP contribution in [-0.2, 0) is 11.3 Å². The minimum Gasteiger partial charge on any atom is -0.392 e. The summed E-state index contributed by atoms with van der Waals surface area (Å²) < 4.78 is 1.70. The third-order valence-corrected chi connectivity index (χ3v) is 2.21. The molecule has 0 aliphatic heterocycles. The van der Waals surface area contributed by atoms with Gasteiger partial charge in [0, 0.05) is 32.8 Å². The zero-order valence-electron chi connectivity index (χ0n) is 9.70. The molecule has 0 radical (unpaired) electrons. The fourth-order valence-corrected chi connectivity index (χ4v) is 1.43. The molecule has 0 aliphatic carbocycles. The minimum absolute atomic E-state index is 0.0426. The van der Waals surface area contributed by atoms with Crippen LogP contribution in [0.25, 0.3) is 0 Å². The standard InChI is InChI=1S/C10H18N4O2/c1-9(15)8-13(2)10(16)4-3-6-14-7-5-11-12-14/h5,7,9,15H,3-4,6,8H2,1-2H3. The van der Waals surface area contributed by atoms with Gasteiger partial charge in [-0.1, -0.05) is 5.21 Å². The lowest BCUT2D eigenvalue weighted by Crippen LogP contribution is -2.33. The Labute approximate surface area is 94.9 Å². The molecule has 0 aliphatic rings. The molecule has 1 heterocycles. The Balaban J connectivity index is 2.19. The third kappa shape index (κ3) is 4.39. The summed E-state index contributed by atoms with van der Waals surface area (Å²) in [5.41, 5.74) is 0. The van der Waals surface area contributed by atoms with Crippen LogP contribution in [0, 0.1) is 0 Å². The quantitative estimate of drug-likeness (QED) is 0.735. The van der Waals surface area contributed by atoms with E-state index in [1.54, 1.807) is 35.9 Å². The number of amides is 1. The molecule has 1 unspecified atom stereocenters. The van der Waals surface area contributed by atoms with Crippen LogP contribution < -0.4 is 0 Å². The van der Waals surface area contributed by atoms with Gasteiger partial charge in [-0.25, -0.2) is 0 Å². The molecule has 0 aromatic carbocycles. The fourth-order valence-electron chi connectivity index (χ4n) is 1.43. The predicted molar refractivity (Wildman–Crippen MR) is 58.6 cm³/mol. The largest absolute Gasteiger partial charge is 0.392 e. The summed E-state index contributed by atoms with van der Waals surface area (Å²) in [5, 5.41) is 16.6. The topological polar surface area (TPSA) is 71.2 Å². The molecular formula is C10H18N4O2. The Hall–Kier alpha value is -1.43. The van der Waals surface area contributed by atoms with Gasteiger partial charge in [0.1, 0.15) is 0 Å². The molecule has 1 N–H and O–H groups in total. The number of aromatic nitrogens is 3. The van der Waals surface area contributed by atoms with Crippen LogP contribution in [-0.4, -0.2) is 50.6 Å². The average Bonchev–Trinajstić information content (AvgIpc) is 2.69. The maximum atomic E-state index is 11.6. The van der Waals surface area contributed by atoms with E-state index >= 15 is 0 Å². The molecule has 6 nitrogen and oxygen atoms in total. The maximum Gasteiger partial charge on any atom is 0.222 e. The number of hydrogen-bond acceptors (Lipinski definition) is 4. The molecule has 0 saturated heterocycles. The third-order valence-electron chi connectivity index (χ3n) is 2.21. The SMILES string of the molecule is CC(O)CN(C)C(=O)CCCn1ccnn1. The van der Waals surface area contributed by atoms with Crippen molar-refractivity contribution >= 4 is 5.91 Å². The summed E-state index contributed by atoms with van der Waals surface area (Å²) in [5.74, 6) is 0.0426. The van der Waals surface area contributed by atoms with Crippen LogP contribution >= 0.6 is 0 Å². The number of aryl methyl sites for hydroxylation is 1. The summed E-state index contributed by atoms with van der Waals surface area (Å²) in [6.45, 7) is 2.73. The highest BCUT2D eigenvalue weighted by Gasteiger charge is 2.10. The summed E-state index contributed by atoms with van der Waals surface area (Å²) in [4.78, 5) is 13.1. The average molecular weight is 226 g/mol. The lowest BCUT2D eigenvalue weighted by atomic mass is 10.2. The Morgan fingerprint density at radius 2 is 2.38 bits per heavy atom. The van der Waals surface area contributed by atoms with Gasteiger partial charge in [0.2, 0.25) is 5.91 Å². The van der Waals surface area contributed by atoms with Gasteiger partial charge in [-0.2, -0.15) is 0 Å². The van der Waals surface area contributed by atoms with Crippen molar-refractivity contribution in [2.75, 3.05) is 13.6 Å². The normalized spacial score (nSPS) is 12.4. The number of likely N-dealkylation sites (N-methyl/N-ethyl adjacent to an activating group) is 1. The molecule has 1 atom stereocenters. The van der Waals surface area contributed by atoms with E-state index in [9.17, 15) is 4.79 Å². The van der Waals surface area contributed by atoms with Gasteiger partial charge < -0.3 is 10.0 Å². The zero-order chi connectivity index (χ0) is 12.0. The lowest BCUT2D eigenvalue weighted by Gasteiger charge is -2.18. The molecule has 1 amide bonds. The van der Waals surface area contributed by atoms with Crippen molar-refractivity contribution in [1.29, 1.82) is 0 Å². The Morgan fingerprint density at radius 1 is 1.62 bits per heavy atom. The van der Waals surface area contributed by atoms with Crippen LogP contribution in [0.5, 0.6) is 0 Å². The molecule has 1 rings (SSSR count). The van der Waals surface area contributed by atoms with Crippen molar-refractivity contribution in [2.24, 2.45) is 0 Å². The van der Waals surface area contributed by atoms with Crippen LogP contribution in [0.2, 0.25) is 0 Å². The fraction of sp³-hybridized carbons (Fsp3) is 0.700. The van der Waals surface area contributed by atoms with E-state index < -0.39 is 6.10 Å². The van der Waals surface area contributed by atoms with Crippen LogP contribution in [0.4, 0.5) is 0 Å². The van der Waals surface area contributed by atoms with Gasteiger partial charge in [-0.15, -0.1) is 5.10 Å². The first-order chi connectivity index (χ1) is 7.59. The molecule has 1 aromatic rings. The molecule has 16 heavy (non-hydrogen) atoms. The van der Waals surface area contributed by atoms with Crippen molar-refractivity contribution in [3.8, 4) is 0 Å². The van der Waals surface area contributed by atoms with Crippen molar-refractivity contribution in [2.45, 2.75) is 32.4 Å². The second kappa shape index (κ2) is 6.22. The van der Waals surface area contributed by atoms with Gasteiger partial charge >= 0.3 is 0 Å². The van der Waals surface area contributed by atoms with Crippen LogP contribution in [0.15, 0.2) is 12.4 Å². The summed E-state index contributed by atoms with van der Waals surface area (Å²) in [7, 11) is 1.70. The Kier molecular flexibility index (Phi) is 4.91. The number of aliphatic hydroxyl groups is 1. The van der Waals surface area contributed by atoms with E-state index in [0.29, 0.717) is 19.5 Å².